The van der Waals surface area contributed by atoms with Gasteiger partial charge >= 0.3 is 0 Å². The molecule has 0 saturated carbocycles. The van der Waals surface area contributed by atoms with Gasteiger partial charge < -0.3 is 0 Å². The highest BCUT2D eigenvalue weighted by Crippen LogP contribution is 2.35. The first kappa shape index (κ1) is 18.6. The van der Waals surface area contributed by atoms with Crippen LogP contribution in [0.15, 0.2) is 42.6 Å². The van der Waals surface area contributed by atoms with Gasteiger partial charge in [-0.15, -0.1) is 0 Å². The molecule has 3 rings (SSSR count). The SMILES string of the molecule is CCc1cc(CC)cc(-c2nccc3c(C(C)C)cc(C(C)C)cc23)c1. The maximum Gasteiger partial charge on any atom is 0.0780 e. The van der Waals surface area contributed by atoms with Crippen LogP contribution in [0.25, 0.3) is 22.0 Å². The number of aromatic nitrogens is 1. The van der Waals surface area contributed by atoms with Gasteiger partial charge in [-0.1, -0.05) is 53.7 Å². The van der Waals surface area contributed by atoms with Gasteiger partial charge in [-0.25, -0.2) is 0 Å². The monoisotopic (exact) mass is 345 g/mol. The van der Waals surface area contributed by atoms with Crippen LogP contribution in [0.2, 0.25) is 0 Å². The molecule has 0 radical (unpaired) electrons. The van der Waals surface area contributed by atoms with Crippen molar-refractivity contribution in [1.82, 2.24) is 4.98 Å². The number of pyridine rings is 1. The molecule has 0 spiro atoms. The second-order valence-electron chi connectivity index (χ2n) is 7.92. The molecule has 0 N–H and O–H groups in total. The largest absolute Gasteiger partial charge is 0.256 e. The van der Waals surface area contributed by atoms with Crippen molar-refractivity contribution in [3.8, 4) is 11.3 Å². The summed E-state index contributed by atoms with van der Waals surface area (Å²) in [5.74, 6) is 1.01. The van der Waals surface area contributed by atoms with Crippen LogP contribution in [0.3, 0.4) is 0 Å². The molecule has 0 atom stereocenters. The molecule has 0 aliphatic rings. The van der Waals surface area contributed by atoms with Gasteiger partial charge in [0.05, 0.1) is 5.69 Å². The minimum absolute atomic E-state index is 0.500. The van der Waals surface area contributed by atoms with Crippen molar-refractivity contribution in [1.29, 1.82) is 0 Å². The van der Waals surface area contributed by atoms with Crippen LogP contribution in [-0.2, 0) is 12.8 Å². The molecule has 0 amide bonds. The molecule has 3 aromatic rings. The van der Waals surface area contributed by atoms with Gasteiger partial charge in [-0.3, -0.25) is 4.98 Å². The first-order chi connectivity index (χ1) is 12.4. The first-order valence-electron chi connectivity index (χ1n) is 10.00. The molecule has 0 bridgehead atoms. The number of aryl methyl sites for hydroxylation is 2. The standard InChI is InChI=1S/C25H31N/c1-7-18-11-19(8-2)13-21(12-18)25-24-15-20(16(3)4)14-23(17(5)6)22(24)9-10-26-25/h9-17H,7-8H2,1-6H3. The summed E-state index contributed by atoms with van der Waals surface area (Å²) in [6, 6.07) is 13.9. The van der Waals surface area contributed by atoms with E-state index in [9.17, 15) is 0 Å². The molecule has 136 valence electrons. The molecule has 0 fully saturated rings. The van der Waals surface area contributed by atoms with E-state index in [1.807, 2.05) is 6.20 Å². The fourth-order valence-corrected chi connectivity index (χ4v) is 3.69. The van der Waals surface area contributed by atoms with Crippen molar-refractivity contribution in [2.24, 2.45) is 0 Å². The van der Waals surface area contributed by atoms with E-state index in [4.69, 9.17) is 4.98 Å². The normalized spacial score (nSPS) is 11.7. The molecule has 0 saturated heterocycles. The summed E-state index contributed by atoms with van der Waals surface area (Å²) in [6.07, 6.45) is 4.09. The predicted molar refractivity (Wildman–Crippen MR) is 114 cm³/mol. The Balaban J connectivity index is 2.34. The van der Waals surface area contributed by atoms with Crippen molar-refractivity contribution in [2.45, 2.75) is 66.2 Å². The third-order valence-corrected chi connectivity index (χ3v) is 5.37. The van der Waals surface area contributed by atoms with Crippen LogP contribution in [0.4, 0.5) is 0 Å². The van der Waals surface area contributed by atoms with Gasteiger partial charge in [0.2, 0.25) is 0 Å². The third kappa shape index (κ3) is 3.53. The molecule has 0 aliphatic carbocycles. The van der Waals surface area contributed by atoms with E-state index >= 15 is 0 Å². The summed E-state index contributed by atoms with van der Waals surface area (Å²) in [5, 5.41) is 2.63. The average molecular weight is 346 g/mol. The number of benzene rings is 2. The Morgan fingerprint density at radius 1 is 0.769 bits per heavy atom. The van der Waals surface area contributed by atoms with Gasteiger partial charge in [0.15, 0.2) is 0 Å². The predicted octanol–water partition coefficient (Wildman–Crippen LogP) is 7.27. The van der Waals surface area contributed by atoms with Crippen LogP contribution < -0.4 is 0 Å². The van der Waals surface area contributed by atoms with Crippen LogP contribution in [0.1, 0.15) is 75.6 Å². The van der Waals surface area contributed by atoms with E-state index < -0.39 is 0 Å². The Morgan fingerprint density at radius 3 is 1.96 bits per heavy atom. The summed E-state index contributed by atoms with van der Waals surface area (Å²) < 4.78 is 0. The molecule has 1 heteroatoms. The zero-order chi connectivity index (χ0) is 18.8. The zero-order valence-electron chi connectivity index (χ0n) is 17.1. The van der Waals surface area contributed by atoms with Crippen molar-refractivity contribution in [3.63, 3.8) is 0 Å². The van der Waals surface area contributed by atoms with Gasteiger partial charge in [0.25, 0.3) is 0 Å². The van der Waals surface area contributed by atoms with Crippen molar-refractivity contribution < 1.29 is 0 Å². The van der Waals surface area contributed by atoms with Crippen LogP contribution in [0, 0.1) is 0 Å². The highest BCUT2D eigenvalue weighted by molar-refractivity contribution is 5.97. The zero-order valence-corrected chi connectivity index (χ0v) is 17.1. The third-order valence-electron chi connectivity index (χ3n) is 5.37. The molecule has 26 heavy (non-hydrogen) atoms. The van der Waals surface area contributed by atoms with Crippen molar-refractivity contribution in [2.75, 3.05) is 0 Å². The summed E-state index contributed by atoms with van der Waals surface area (Å²) in [5.41, 5.74) is 7.99. The van der Waals surface area contributed by atoms with Crippen molar-refractivity contribution in [3.05, 3.63) is 64.8 Å². The smallest absolute Gasteiger partial charge is 0.0780 e. The highest BCUT2D eigenvalue weighted by Gasteiger charge is 2.14. The van der Waals surface area contributed by atoms with E-state index in [2.05, 4.69) is 77.9 Å². The average Bonchev–Trinajstić information content (AvgIpc) is 2.65. The number of hydrogen-bond donors (Lipinski definition) is 0. The Labute approximate surface area is 158 Å². The lowest BCUT2D eigenvalue weighted by Gasteiger charge is -2.17. The second-order valence-corrected chi connectivity index (χ2v) is 7.92. The van der Waals surface area contributed by atoms with E-state index in [-0.39, 0.29) is 0 Å². The van der Waals surface area contributed by atoms with Gasteiger partial charge in [-0.2, -0.15) is 0 Å². The Hall–Kier alpha value is -2.15. The van der Waals surface area contributed by atoms with E-state index in [0.29, 0.717) is 11.8 Å². The molecule has 1 nitrogen and oxygen atoms in total. The second kappa shape index (κ2) is 7.61. The summed E-state index contributed by atoms with van der Waals surface area (Å²) >= 11 is 0. The fraction of sp³-hybridized carbons (Fsp3) is 0.400. The number of nitrogens with zero attached hydrogens (tertiary/aromatic N) is 1. The molecule has 2 aromatic carbocycles. The molecule has 1 heterocycles. The van der Waals surface area contributed by atoms with E-state index in [1.54, 1.807) is 0 Å². The van der Waals surface area contributed by atoms with Crippen molar-refractivity contribution >= 4 is 10.8 Å². The van der Waals surface area contributed by atoms with Gasteiger partial charge in [0, 0.05) is 17.1 Å². The summed E-state index contributed by atoms with van der Waals surface area (Å²) in [6.45, 7) is 13.6. The van der Waals surface area contributed by atoms with E-state index in [0.717, 1.165) is 18.5 Å². The molecule has 0 unspecified atom stereocenters. The maximum absolute atomic E-state index is 4.83. The highest BCUT2D eigenvalue weighted by atomic mass is 14.7. The molecular weight excluding hydrogens is 314 g/mol. The van der Waals surface area contributed by atoms with Gasteiger partial charge in [0.1, 0.15) is 0 Å². The van der Waals surface area contributed by atoms with Crippen LogP contribution in [0.5, 0.6) is 0 Å². The minimum Gasteiger partial charge on any atom is -0.256 e. The lowest BCUT2D eigenvalue weighted by molar-refractivity contribution is 0.841. The lowest BCUT2D eigenvalue weighted by atomic mass is 9.88. The molecular formula is C25H31N. The topological polar surface area (TPSA) is 12.9 Å². The maximum atomic E-state index is 4.83. The molecule has 0 aliphatic heterocycles. The fourth-order valence-electron chi connectivity index (χ4n) is 3.69. The van der Waals surface area contributed by atoms with E-state index in [1.165, 1.54) is 38.6 Å². The van der Waals surface area contributed by atoms with Crippen LogP contribution in [-0.4, -0.2) is 4.98 Å². The van der Waals surface area contributed by atoms with Gasteiger partial charge in [-0.05, 0) is 76.6 Å². The minimum atomic E-state index is 0.500. The summed E-state index contributed by atoms with van der Waals surface area (Å²) in [7, 11) is 0. The number of rotatable bonds is 5. The van der Waals surface area contributed by atoms with Crippen LogP contribution >= 0.6 is 0 Å². The quantitative estimate of drug-likeness (QED) is 0.473. The summed E-state index contributed by atoms with van der Waals surface area (Å²) in [4.78, 5) is 4.83. The first-order valence-corrected chi connectivity index (χ1v) is 10.00. The Morgan fingerprint density at radius 2 is 1.42 bits per heavy atom. The number of fused-ring (bicyclic) bond motifs is 1. The Bertz CT molecular complexity index is 897. The lowest BCUT2D eigenvalue weighted by Crippen LogP contribution is -1.98. The molecule has 1 aromatic heterocycles. The number of hydrogen-bond acceptors (Lipinski definition) is 1. The Kier molecular flexibility index (Phi) is 5.46.